The monoisotopic (exact) mass is 321 g/mol. The van der Waals surface area contributed by atoms with E-state index in [0.717, 1.165) is 36.2 Å². The molecule has 0 saturated carbocycles. The van der Waals surface area contributed by atoms with Gasteiger partial charge in [-0.15, -0.1) is 0 Å². The van der Waals surface area contributed by atoms with Crippen molar-refractivity contribution in [3.05, 3.63) is 28.2 Å². The minimum Gasteiger partial charge on any atom is -0.369 e. The highest BCUT2D eigenvalue weighted by atomic mass is 79.9. The zero-order valence-corrected chi connectivity index (χ0v) is 12.5. The number of amides is 1. The van der Waals surface area contributed by atoms with Crippen LogP contribution in [0.4, 0.5) is 5.69 Å². The van der Waals surface area contributed by atoms with Gasteiger partial charge in [0.2, 0.25) is 5.91 Å². The number of anilines is 1. The van der Waals surface area contributed by atoms with Crippen LogP contribution >= 0.6 is 15.9 Å². The van der Waals surface area contributed by atoms with E-state index in [0.29, 0.717) is 12.1 Å². The van der Waals surface area contributed by atoms with E-state index in [1.165, 1.54) is 0 Å². The molecule has 2 rings (SSSR count). The Balaban J connectivity index is 2.21. The highest BCUT2D eigenvalue weighted by molar-refractivity contribution is 9.10. The Morgan fingerprint density at radius 1 is 1.32 bits per heavy atom. The summed E-state index contributed by atoms with van der Waals surface area (Å²) in [6.07, 6.45) is 0.928. The average molecular weight is 322 g/mol. The van der Waals surface area contributed by atoms with Crippen LogP contribution in [0.2, 0.25) is 0 Å². The fraction of sp³-hybridized carbons (Fsp3) is 0.429. The zero-order chi connectivity index (χ0) is 13.8. The first-order valence-electron chi connectivity index (χ1n) is 6.32. The number of hydrogen-bond donors (Lipinski definition) is 0. The lowest BCUT2D eigenvalue weighted by Crippen LogP contribution is -2.33. The van der Waals surface area contributed by atoms with E-state index in [1.54, 1.807) is 6.92 Å². The Labute approximate surface area is 121 Å². The Bertz CT molecular complexity index is 524. The molecule has 19 heavy (non-hydrogen) atoms. The van der Waals surface area contributed by atoms with Crippen LogP contribution in [0.1, 0.15) is 18.9 Å². The van der Waals surface area contributed by atoms with Gasteiger partial charge in [0, 0.05) is 37.6 Å². The van der Waals surface area contributed by atoms with Crippen LogP contribution in [0.25, 0.3) is 0 Å². The molecule has 1 aromatic carbocycles. The molecule has 4 nitrogen and oxygen atoms in total. The third-order valence-corrected chi connectivity index (χ3v) is 3.86. The molecular formula is C14H16BrN3O. The second-order valence-corrected chi connectivity index (χ2v) is 5.54. The predicted molar refractivity (Wildman–Crippen MR) is 77.9 cm³/mol. The first-order chi connectivity index (χ1) is 9.11. The maximum absolute atomic E-state index is 11.4. The number of halogens is 1. The van der Waals surface area contributed by atoms with Gasteiger partial charge in [0.05, 0.1) is 11.3 Å². The summed E-state index contributed by atoms with van der Waals surface area (Å²) in [6.45, 7) is 4.75. The van der Waals surface area contributed by atoms with Crippen molar-refractivity contribution in [1.29, 1.82) is 5.26 Å². The molecule has 1 heterocycles. The molecule has 0 radical (unpaired) electrons. The number of nitrogens with zero attached hydrogens (tertiary/aromatic N) is 3. The van der Waals surface area contributed by atoms with Crippen LogP contribution in [0.15, 0.2) is 22.7 Å². The van der Waals surface area contributed by atoms with E-state index in [-0.39, 0.29) is 5.91 Å². The molecule has 0 unspecified atom stereocenters. The molecule has 1 aliphatic heterocycles. The minimum absolute atomic E-state index is 0.122. The smallest absolute Gasteiger partial charge is 0.219 e. The Hall–Kier alpha value is -1.54. The first kappa shape index (κ1) is 13.9. The molecule has 0 aliphatic carbocycles. The van der Waals surface area contributed by atoms with Crippen molar-refractivity contribution >= 4 is 27.5 Å². The quantitative estimate of drug-likeness (QED) is 0.797. The number of carbonyl (C=O) groups excluding carboxylic acids is 1. The van der Waals surface area contributed by atoms with Crippen LogP contribution in [-0.2, 0) is 4.79 Å². The van der Waals surface area contributed by atoms with Crippen molar-refractivity contribution < 1.29 is 4.79 Å². The molecule has 0 aromatic heterocycles. The second-order valence-electron chi connectivity index (χ2n) is 4.62. The van der Waals surface area contributed by atoms with Crippen molar-refractivity contribution in [2.24, 2.45) is 0 Å². The average Bonchev–Trinajstić information content (AvgIpc) is 2.64. The highest BCUT2D eigenvalue weighted by Gasteiger charge is 2.18. The standard InChI is InChI=1S/C14H16BrN3O/c1-11(19)17-5-2-6-18(8-7-17)14-9-13(15)4-3-12(14)10-16/h3-4,9H,2,5-8H2,1H3. The first-order valence-corrected chi connectivity index (χ1v) is 7.11. The number of nitriles is 1. The number of carbonyl (C=O) groups is 1. The molecule has 1 amide bonds. The second kappa shape index (κ2) is 6.07. The summed E-state index contributed by atoms with van der Waals surface area (Å²) >= 11 is 3.45. The van der Waals surface area contributed by atoms with Gasteiger partial charge in [-0.1, -0.05) is 15.9 Å². The van der Waals surface area contributed by atoms with Crippen molar-refractivity contribution in [2.45, 2.75) is 13.3 Å². The van der Waals surface area contributed by atoms with E-state index >= 15 is 0 Å². The number of benzene rings is 1. The third kappa shape index (κ3) is 3.27. The van der Waals surface area contributed by atoms with Crippen LogP contribution < -0.4 is 4.90 Å². The summed E-state index contributed by atoms with van der Waals surface area (Å²) in [7, 11) is 0. The lowest BCUT2D eigenvalue weighted by molar-refractivity contribution is -0.128. The van der Waals surface area contributed by atoms with Gasteiger partial charge in [-0.05, 0) is 24.6 Å². The van der Waals surface area contributed by atoms with Gasteiger partial charge in [-0.25, -0.2) is 0 Å². The lowest BCUT2D eigenvalue weighted by Gasteiger charge is -2.24. The minimum atomic E-state index is 0.122. The van der Waals surface area contributed by atoms with Crippen LogP contribution in [0.5, 0.6) is 0 Å². The zero-order valence-electron chi connectivity index (χ0n) is 10.9. The van der Waals surface area contributed by atoms with Crippen molar-refractivity contribution in [2.75, 3.05) is 31.1 Å². The van der Waals surface area contributed by atoms with Gasteiger partial charge in [-0.2, -0.15) is 5.26 Å². The molecule has 100 valence electrons. The molecule has 5 heteroatoms. The molecule has 1 fully saturated rings. The molecule has 1 aromatic rings. The van der Waals surface area contributed by atoms with Crippen LogP contribution in [-0.4, -0.2) is 37.0 Å². The highest BCUT2D eigenvalue weighted by Crippen LogP contribution is 2.25. The molecule has 0 atom stereocenters. The van der Waals surface area contributed by atoms with E-state index in [2.05, 4.69) is 26.9 Å². The van der Waals surface area contributed by atoms with Gasteiger partial charge < -0.3 is 9.80 Å². The van der Waals surface area contributed by atoms with Gasteiger partial charge in [0.1, 0.15) is 6.07 Å². The van der Waals surface area contributed by atoms with Gasteiger partial charge in [0.25, 0.3) is 0 Å². The molecule has 0 spiro atoms. The molecular weight excluding hydrogens is 306 g/mol. The summed E-state index contributed by atoms with van der Waals surface area (Å²) in [5, 5.41) is 9.19. The molecule has 0 N–H and O–H groups in total. The van der Waals surface area contributed by atoms with Gasteiger partial charge in [0.15, 0.2) is 0 Å². The van der Waals surface area contributed by atoms with Crippen molar-refractivity contribution in [1.82, 2.24) is 4.90 Å². The van der Waals surface area contributed by atoms with Crippen LogP contribution in [0, 0.1) is 11.3 Å². The SMILES string of the molecule is CC(=O)N1CCCN(c2cc(Br)ccc2C#N)CC1. The molecule has 1 aliphatic rings. The topological polar surface area (TPSA) is 47.3 Å². The van der Waals surface area contributed by atoms with E-state index in [4.69, 9.17) is 0 Å². The Morgan fingerprint density at radius 2 is 2.11 bits per heavy atom. The maximum Gasteiger partial charge on any atom is 0.219 e. The Morgan fingerprint density at radius 3 is 2.79 bits per heavy atom. The number of hydrogen-bond acceptors (Lipinski definition) is 3. The summed E-state index contributed by atoms with van der Waals surface area (Å²) in [5.74, 6) is 0.122. The normalized spacial score (nSPS) is 15.8. The van der Waals surface area contributed by atoms with E-state index in [9.17, 15) is 10.1 Å². The fourth-order valence-corrected chi connectivity index (χ4v) is 2.68. The predicted octanol–water partition coefficient (Wildman–Crippen LogP) is 2.38. The summed E-state index contributed by atoms with van der Waals surface area (Å²) < 4.78 is 0.967. The van der Waals surface area contributed by atoms with Crippen LogP contribution in [0.3, 0.4) is 0 Å². The van der Waals surface area contributed by atoms with Gasteiger partial charge >= 0.3 is 0 Å². The Kier molecular flexibility index (Phi) is 4.43. The summed E-state index contributed by atoms with van der Waals surface area (Å²) in [4.78, 5) is 15.5. The fourth-order valence-electron chi connectivity index (χ4n) is 2.33. The molecule has 1 saturated heterocycles. The summed E-state index contributed by atoms with van der Waals surface area (Å²) in [5.41, 5.74) is 1.63. The lowest BCUT2D eigenvalue weighted by atomic mass is 10.1. The van der Waals surface area contributed by atoms with Crippen molar-refractivity contribution in [3.63, 3.8) is 0 Å². The number of rotatable bonds is 1. The van der Waals surface area contributed by atoms with E-state index in [1.807, 2.05) is 23.1 Å². The van der Waals surface area contributed by atoms with E-state index < -0.39 is 0 Å². The maximum atomic E-state index is 11.4. The third-order valence-electron chi connectivity index (χ3n) is 3.36. The molecule has 0 bridgehead atoms. The largest absolute Gasteiger partial charge is 0.369 e. The van der Waals surface area contributed by atoms with Gasteiger partial charge in [-0.3, -0.25) is 4.79 Å². The summed E-state index contributed by atoms with van der Waals surface area (Å²) in [6, 6.07) is 7.91. The van der Waals surface area contributed by atoms with Crippen molar-refractivity contribution in [3.8, 4) is 6.07 Å².